The van der Waals surface area contributed by atoms with E-state index in [4.69, 9.17) is 15.9 Å². The Hall–Kier alpha value is -2.47. The van der Waals surface area contributed by atoms with E-state index < -0.39 is 53.3 Å². The number of amides is 2. The Balaban J connectivity index is 4.85. The van der Waals surface area contributed by atoms with Gasteiger partial charge in [0.2, 0.25) is 17.6 Å². The van der Waals surface area contributed by atoms with Gasteiger partial charge >= 0.3 is 11.9 Å². The Kier molecular flexibility index (Phi) is 10.0. The molecule has 0 heterocycles. The number of Topliss-reactive ketones (excluding diaryl/α,β-unsaturated/α-hetero) is 1. The molecule has 0 aliphatic rings. The number of aliphatic carboxylic acids is 2. The lowest BCUT2D eigenvalue weighted by Crippen LogP contribution is -2.53. The molecule has 0 spiro atoms. The molecule has 0 bridgehead atoms. The normalized spacial score (nSPS) is 12.6. The van der Waals surface area contributed by atoms with Crippen LogP contribution in [-0.2, 0) is 28.8 Å². The number of thioether (sulfide) groups is 1. The van der Waals surface area contributed by atoms with Crippen LogP contribution in [0.5, 0.6) is 0 Å². The third-order valence-electron chi connectivity index (χ3n) is 2.72. The first-order valence-corrected chi connectivity index (χ1v) is 7.98. The lowest BCUT2D eigenvalue weighted by atomic mass is 10.1. The average Bonchev–Trinajstić information content (AvgIpc) is 2.53. The van der Waals surface area contributed by atoms with Crippen LogP contribution in [-0.4, -0.2) is 69.2 Å². The lowest BCUT2D eigenvalue weighted by Gasteiger charge is -2.19. The molecule has 11 nitrogen and oxygen atoms in total. The molecular weight excluding hydrogens is 358 g/mol. The second kappa shape index (κ2) is 11.1. The van der Waals surface area contributed by atoms with Gasteiger partial charge in [0, 0.05) is 19.1 Å². The molecule has 0 aliphatic carbocycles. The summed E-state index contributed by atoms with van der Waals surface area (Å²) < 4.78 is 0. The molecule has 140 valence electrons. The van der Waals surface area contributed by atoms with Gasteiger partial charge in [0.1, 0.15) is 12.6 Å². The second-order valence-electron chi connectivity index (χ2n) is 4.87. The minimum absolute atomic E-state index is 0.176. The third kappa shape index (κ3) is 10.1. The molecule has 2 amide bonds. The van der Waals surface area contributed by atoms with Crippen molar-refractivity contribution >= 4 is 46.4 Å². The summed E-state index contributed by atoms with van der Waals surface area (Å²) in [6.45, 7) is 0.330. The molecule has 12 heteroatoms. The Morgan fingerprint density at radius 1 is 1.04 bits per heavy atom. The van der Waals surface area contributed by atoms with Crippen LogP contribution in [0, 0.1) is 0 Å². The largest absolute Gasteiger partial charge is 0.481 e. The van der Waals surface area contributed by atoms with Gasteiger partial charge in [-0.3, -0.25) is 28.8 Å². The van der Waals surface area contributed by atoms with Crippen molar-refractivity contribution in [3.05, 3.63) is 0 Å². The van der Waals surface area contributed by atoms with Gasteiger partial charge in [0.05, 0.1) is 6.04 Å². The Morgan fingerprint density at radius 3 is 2.12 bits per heavy atom. The number of carboxylic acid groups (broad SMARTS) is 2. The fourth-order valence-corrected chi connectivity index (χ4v) is 2.17. The van der Waals surface area contributed by atoms with Gasteiger partial charge in [-0.15, -0.1) is 0 Å². The van der Waals surface area contributed by atoms with Gasteiger partial charge in [-0.05, 0) is 6.42 Å². The van der Waals surface area contributed by atoms with E-state index in [9.17, 15) is 28.8 Å². The third-order valence-corrected chi connectivity index (χ3v) is 3.77. The van der Waals surface area contributed by atoms with E-state index in [0.29, 0.717) is 11.8 Å². The molecule has 0 unspecified atom stereocenters. The number of nitrogens with one attached hydrogen (secondary N) is 2. The molecule has 25 heavy (non-hydrogen) atoms. The maximum absolute atomic E-state index is 11.9. The number of hydrogen-bond donors (Lipinski definition) is 5. The fraction of sp³-hybridized carbons (Fsp3) is 0.538. The summed E-state index contributed by atoms with van der Waals surface area (Å²) in [5, 5.41) is 20.5. The number of carboxylic acids is 2. The summed E-state index contributed by atoms with van der Waals surface area (Å²) in [5.41, 5.74) is 5.51. The minimum Gasteiger partial charge on any atom is -0.481 e. The second-order valence-corrected chi connectivity index (χ2v) is 5.86. The van der Waals surface area contributed by atoms with Gasteiger partial charge in [-0.1, -0.05) is 11.8 Å². The van der Waals surface area contributed by atoms with Crippen LogP contribution in [0.3, 0.4) is 0 Å². The minimum atomic E-state index is -1.32. The van der Waals surface area contributed by atoms with Crippen molar-refractivity contribution in [3.63, 3.8) is 0 Å². The number of ketones is 1. The number of hydrogen-bond acceptors (Lipinski definition) is 8. The van der Waals surface area contributed by atoms with Crippen molar-refractivity contribution in [3.8, 4) is 0 Å². The maximum Gasteiger partial charge on any atom is 0.322 e. The predicted octanol–water partition coefficient (Wildman–Crippen LogP) is -2.29. The van der Waals surface area contributed by atoms with E-state index in [-0.39, 0.29) is 18.6 Å². The molecule has 0 saturated carbocycles. The summed E-state index contributed by atoms with van der Waals surface area (Å²) >= 11 is 0.481. The quantitative estimate of drug-likeness (QED) is 0.245. The zero-order valence-corrected chi connectivity index (χ0v) is 14.1. The highest BCUT2D eigenvalue weighted by Crippen LogP contribution is 2.07. The molecule has 0 aromatic carbocycles. The zero-order valence-electron chi connectivity index (χ0n) is 13.3. The Labute approximate surface area is 146 Å². The molecule has 0 rings (SSSR count). The molecule has 0 radical (unpaired) electrons. The highest BCUT2D eigenvalue weighted by Gasteiger charge is 2.26. The molecule has 0 aliphatic heterocycles. The number of nitrogens with two attached hydrogens (primary N) is 1. The van der Waals surface area contributed by atoms with E-state index >= 15 is 0 Å². The first-order chi connectivity index (χ1) is 11.5. The van der Waals surface area contributed by atoms with Crippen molar-refractivity contribution in [2.75, 3.05) is 12.3 Å². The lowest BCUT2D eigenvalue weighted by molar-refractivity contribution is -0.138. The van der Waals surface area contributed by atoms with E-state index in [1.54, 1.807) is 0 Å². The smallest absolute Gasteiger partial charge is 0.322 e. The van der Waals surface area contributed by atoms with Crippen molar-refractivity contribution in [2.24, 2.45) is 5.73 Å². The van der Waals surface area contributed by atoms with Crippen molar-refractivity contribution < 1.29 is 39.0 Å². The molecule has 0 saturated heterocycles. The predicted molar refractivity (Wildman–Crippen MR) is 85.6 cm³/mol. The SMILES string of the molecule is CC(=O)C(=O)SC[C@H](NC(=O)[C@@H](N)CCC(=O)O)C(=O)NCC(=O)O. The van der Waals surface area contributed by atoms with Crippen LogP contribution in [0.1, 0.15) is 19.8 Å². The highest BCUT2D eigenvalue weighted by molar-refractivity contribution is 8.15. The van der Waals surface area contributed by atoms with Gasteiger partial charge in [0.25, 0.3) is 5.12 Å². The number of carbonyl (C=O) groups excluding carboxylic acids is 4. The van der Waals surface area contributed by atoms with Crippen LogP contribution >= 0.6 is 11.8 Å². The van der Waals surface area contributed by atoms with Crippen molar-refractivity contribution in [1.29, 1.82) is 0 Å². The monoisotopic (exact) mass is 377 g/mol. The van der Waals surface area contributed by atoms with E-state index in [1.807, 2.05) is 5.32 Å². The average molecular weight is 377 g/mol. The van der Waals surface area contributed by atoms with Crippen molar-refractivity contribution in [1.82, 2.24) is 10.6 Å². The topological polar surface area (TPSA) is 193 Å². The summed E-state index contributed by atoms with van der Waals surface area (Å²) in [5.74, 6) is -5.26. The summed E-state index contributed by atoms with van der Waals surface area (Å²) in [7, 11) is 0. The number of rotatable bonds is 11. The maximum atomic E-state index is 11.9. The van der Waals surface area contributed by atoms with Gasteiger partial charge in [0.15, 0.2) is 0 Å². The van der Waals surface area contributed by atoms with Crippen LogP contribution < -0.4 is 16.4 Å². The fourth-order valence-electron chi connectivity index (χ4n) is 1.42. The summed E-state index contributed by atoms with van der Waals surface area (Å²) in [4.78, 5) is 67.0. The zero-order chi connectivity index (χ0) is 19.6. The standard InChI is InChI=1S/C13H19N3O8S/c1-6(17)13(24)25-5-8(12(23)15-4-10(20)21)16-11(22)7(14)2-3-9(18)19/h7-8H,2-5,14H2,1H3,(H,15,23)(H,16,22)(H,18,19)(H,20,21)/t7-,8-/m0/s1. The van der Waals surface area contributed by atoms with Gasteiger partial charge in [-0.25, -0.2) is 0 Å². The Bertz CT molecular complexity index is 565. The molecule has 0 fully saturated rings. The summed E-state index contributed by atoms with van der Waals surface area (Å²) in [6.07, 6.45) is -0.536. The Morgan fingerprint density at radius 2 is 1.64 bits per heavy atom. The molecular formula is C13H19N3O8S. The van der Waals surface area contributed by atoms with Crippen LogP contribution in [0.2, 0.25) is 0 Å². The van der Waals surface area contributed by atoms with Gasteiger partial charge < -0.3 is 26.6 Å². The molecule has 0 aromatic rings. The van der Waals surface area contributed by atoms with Crippen LogP contribution in [0.15, 0.2) is 0 Å². The van der Waals surface area contributed by atoms with Gasteiger partial charge in [-0.2, -0.15) is 0 Å². The summed E-state index contributed by atoms with van der Waals surface area (Å²) in [6, 6.07) is -2.53. The van der Waals surface area contributed by atoms with Crippen LogP contribution in [0.4, 0.5) is 0 Å². The van der Waals surface area contributed by atoms with E-state index in [0.717, 1.165) is 6.92 Å². The van der Waals surface area contributed by atoms with Crippen molar-refractivity contribution in [2.45, 2.75) is 31.8 Å². The first kappa shape index (κ1) is 22.5. The molecule has 0 aromatic heterocycles. The first-order valence-electron chi connectivity index (χ1n) is 6.99. The van der Waals surface area contributed by atoms with E-state index in [2.05, 4.69) is 5.32 Å². The number of carbonyl (C=O) groups is 6. The molecule has 2 atom stereocenters. The highest BCUT2D eigenvalue weighted by atomic mass is 32.2. The van der Waals surface area contributed by atoms with E-state index in [1.165, 1.54) is 0 Å². The van der Waals surface area contributed by atoms with Crippen LogP contribution in [0.25, 0.3) is 0 Å². The molecule has 6 N–H and O–H groups in total.